The van der Waals surface area contributed by atoms with Gasteiger partial charge in [-0.25, -0.2) is 0 Å². The zero-order valence-corrected chi connectivity index (χ0v) is 17.6. The summed E-state index contributed by atoms with van der Waals surface area (Å²) >= 11 is 0. The fourth-order valence-electron chi connectivity index (χ4n) is 4.06. The zero-order chi connectivity index (χ0) is 20.6. The van der Waals surface area contributed by atoms with E-state index in [0.717, 1.165) is 70.8 Å². The number of ether oxygens (including phenoxy) is 1. The molecule has 5 heteroatoms. The number of aliphatic hydroxyl groups is 2. The minimum atomic E-state index is -0.299. The molecule has 0 aromatic carbocycles. The van der Waals surface area contributed by atoms with Gasteiger partial charge in [-0.15, -0.1) is 0 Å². The number of hydrogen-bond donors (Lipinski definition) is 3. The van der Waals surface area contributed by atoms with E-state index >= 15 is 0 Å². The Balaban J connectivity index is 2.47. The summed E-state index contributed by atoms with van der Waals surface area (Å²) in [6.07, 6.45) is 18.1. The van der Waals surface area contributed by atoms with Crippen molar-refractivity contribution in [3.63, 3.8) is 0 Å². The molecule has 0 heterocycles. The lowest BCUT2D eigenvalue weighted by Crippen LogP contribution is -2.24. The second-order valence-electron chi connectivity index (χ2n) is 7.87. The maximum absolute atomic E-state index is 10.8. The van der Waals surface area contributed by atoms with Gasteiger partial charge < -0.3 is 20.7 Å². The minimum Gasteiger partial charge on any atom is -0.396 e. The second kappa shape index (κ2) is 15.7. The third-order valence-electron chi connectivity index (χ3n) is 5.52. The maximum atomic E-state index is 10.8. The van der Waals surface area contributed by atoms with Crippen molar-refractivity contribution in [1.82, 2.24) is 0 Å². The summed E-state index contributed by atoms with van der Waals surface area (Å²) in [6.45, 7) is 3.09. The van der Waals surface area contributed by atoms with Crippen LogP contribution in [-0.2, 0) is 9.53 Å². The Bertz CT molecular complexity index is 464. The van der Waals surface area contributed by atoms with Gasteiger partial charge in [0.1, 0.15) is 0 Å². The minimum absolute atomic E-state index is 0.160. The van der Waals surface area contributed by atoms with Crippen LogP contribution in [0, 0.1) is 11.8 Å². The fraction of sp³-hybridized carbons (Fsp3) is 0.783. The number of unbranched alkanes of at least 4 members (excludes halogenated alkanes) is 3. The fourth-order valence-corrected chi connectivity index (χ4v) is 4.06. The molecule has 162 valence electrons. The summed E-state index contributed by atoms with van der Waals surface area (Å²) in [4.78, 5) is 10.8. The molecule has 0 aliphatic heterocycles. The topological polar surface area (TPSA) is 92.8 Å². The standard InChI is InChI=1S/C23H41NO4/c1-2-17-28-22-18-21(26)19(13-9-6-7-11-15-23(24)27)20(22)14-10-5-3-4-8-12-16-25/h4,6,8-9,19-22,25-26H,2-3,5,7,10-18H2,1H3,(H2,24,27)/b8-4?,9-6-/t19?,20-,21+,22-/m1/s1. The molecule has 1 saturated carbocycles. The molecule has 1 unspecified atom stereocenters. The molecule has 28 heavy (non-hydrogen) atoms. The molecule has 4 N–H and O–H groups in total. The van der Waals surface area contributed by atoms with Gasteiger partial charge in [-0.2, -0.15) is 0 Å². The van der Waals surface area contributed by atoms with E-state index in [2.05, 4.69) is 25.2 Å². The van der Waals surface area contributed by atoms with Gasteiger partial charge in [-0.1, -0.05) is 37.6 Å². The van der Waals surface area contributed by atoms with Crippen molar-refractivity contribution < 1.29 is 19.7 Å². The van der Waals surface area contributed by atoms with Gasteiger partial charge >= 0.3 is 0 Å². The van der Waals surface area contributed by atoms with Crippen LogP contribution in [-0.4, -0.2) is 41.5 Å². The largest absolute Gasteiger partial charge is 0.396 e. The lowest BCUT2D eigenvalue weighted by atomic mass is 9.86. The van der Waals surface area contributed by atoms with Gasteiger partial charge in [-0.3, -0.25) is 4.79 Å². The Morgan fingerprint density at radius 2 is 1.79 bits per heavy atom. The van der Waals surface area contributed by atoms with Crippen molar-refractivity contribution in [2.45, 2.75) is 89.8 Å². The van der Waals surface area contributed by atoms with E-state index in [0.29, 0.717) is 12.3 Å². The molecule has 0 aromatic heterocycles. The summed E-state index contributed by atoms with van der Waals surface area (Å²) in [5.41, 5.74) is 5.16. The number of aliphatic hydroxyl groups excluding tert-OH is 2. The molecule has 0 spiro atoms. The summed E-state index contributed by atoms with van der Waals surface area (Å²) < 4.78 is 6.07. The first-order chi connectivity index (χ1) is 13.6. The van der Waals surface area contributed by atoms with Crippen LogP contribution in [0.5, 0.6) is 0 Å². The predicted octanol–water partition coefficient (Wildman–Crippen LogP) is 3.88. The molecule has 1 aliphatic rings. The van der Waals surface area contributed by atoms with Gasteiger partial charge in [0, 0.05) is 26.1 Å². The highest BCUT2D eigenvalue weighted by atomic mass is 16.5. The third kappa shape index (κ3) is 10.4. The monoisotopic (exact) mass is 395 g/mol. The van der Waals surface area contributed by atoms with E-state index in [1.54, 1.807) is 0 Å². The van der Waals surface area contributed by atoms with Crippen molar-refractivity contribution in [3.8, 4) is 0 Å². The molecule has 4 atom stereocenters. The lowest BCUT2D eigenvalue weighted by Gasteiger charge is -2.25. The summed E-state index contributed by atoms with van der Waals surface area (Å²) in [5.74, 6) is 0.402. The average Bonchev–Trinajstić information content (AvgIpc) is 2.96. The summed E-state index contributed by atoms with van der Waals surface area (Å²) in [5, 5.41) is 19.4. The Morgan fingerprint density at radius 1 is 1.07 bits per heavy atom. The summed E-state index contributed by atoms with van der Waals surface area (Å²) in [7, 11) is 0. The van der Waals surface area contributed by atoms with E-state index in [1.807, 2.05) is 6.08 Å². The molecule has 0 bridgehead atoms. The van der Waals surface area contributed by atoms with Crippen LogP contribution in [0.2, 0.25) is 0 Å². The molecule has 1 aliphatic carbocycles. The molecule has 1 fully saturated rings. The van der Waals surface area contributed by atoms with Crippen molar-refractivity contribution in [2.24, 2.45) is 17.6 Å². The van der Waals surface area contributed by atoms with Crippen molar-refractivity contribution in [1.29, 1.82) is 0 Å². The van der Waals surface area contributed by atoms with Crippen LogP contribution in [0.4, 0.5) is 0 Å². The molecule has 0 saturated heterocycles. The summed E-state index contributed by atoms with van der Waals surface area (Å²) in [6, 6.07) is 0. The first-order valence-electron chi connectivity index (χ1n) is 11.1. The molecular formula is C23H41NO4. The maximum Gasteiger partial charge on any atom is 0.217 e. The Kier molecular flexibility index (Phi) is 14.0. The van der Waals surface area contributed by atoms with E-state index in [9.17, 15) is 9.90 Å². The van der Waals surface area contributed by atoms with Crippen LogP contribution in [0.1, 0.15) is 77.6 Å². The first-order valence-corrected chi connectivity index (χ1v) is 11.1. The Morgan fingerprint density at radius 3 is 2.50 bits per heavy atom. The van der Waals surface area contributed by atoms with E-state index < -0.39 is 0 Å². The van der Waals surface area contributed by atoms with Crippen LogP contribution in [0.15, 0.2) is 24.3 Å². The Labute approximate surface area is 171 Å². The molecular weight excluding hydrogens is 354 g/mol. The highest BCUT2D eigenvalue weighted by molar-refractivity contribution is 5.73. The van der Waals surface area contributed by atoms with Gasteiger partial charge in [0.05, 0.1) is 12.2 Å². The normalized spacial score (nSPS) is 25.2. The van der Waals surface area contributed by atoms with Crippen LogP contribution in [0.25, 0.3) is 0 Å². The highest BCUT2D eigenvalue weighted by Crippen LogP contribution is 2.40. The number of amides is 1. The van der Waals surface area contributed by atoms with E-state index in [-0.39, 0.29) is 30.6 Å². The van der Waals surface area contributed by atoms with Crippen molar-refractivity contribution >= 4 is 5.91 Å². The number of carbonyl (C=O) groups is 1. The number of primary amides is 1. The van der Waals surface area contributed by atoms with Crippen molar-refractivity contribution in [2.75, 3.05) is 13.2 Å². The van der Waals surface area contributed by atoms with Crippen LogP contribution >= 0.6 is 0 Å². The first kappa shape index (κ1) is 24.9. The lowest BCUT2D eigenvalue weighted by molar-refractivity contribution is -0.118. The SMILES string of the molecule is CCCO[C@@H]1C[C@H](O)C(C/C=C\CCCC(N)=O)[C@H]1CCCCC=CCCO. The molecule has 0 radical (unpaired) electrons. The van der Waals surface area contributed by atoms with E-state index in [4.69, 9.17) is 15.6 Å². The smallest absolute Gasteiger partial charge is 0.217 e. The highest BCUT2D eigenvalue weighted by Gasteiger charge is 2.41. The third-order valence-corrected chi connectivity index (χ3v) is 5.52. The van der Waals surface area contributed by atoms with Crippen LogP contribution < -0.4 is 5.73 Å². The molecule has 1 rings (SSSR count). The second-order valence-corrected chi connectivity index (χ2v) is 7.87. The number of hydrogen-bond acceptors (Lipinski definition) is 4. The quantitative estimate of drug-likeness (QED) is 0.273. The van der Waals surface area contributed by atoms with E-state index in [1.165, 1.54) is 0 Å². The number of nitrogens with two attached hydrogens (primary N) is 1. The molecule has 0 aromatic rings. The molecule has 1 amide bonds. The number of rotatable bonds is 16. The average molecular weight is 396 g/mol. The zero-order valence-electron chi connectivity index (χ0n) is 17.6. The van der Waals surface area contributed by atoms with Gasteiger partial charge in [0.25, 0.3) is 0 Å². The van der Waals surface area contributed by atoms with Crippen molar-refractivity contribution in [3.05, 3.63) is 24.3 Å². The van der Waals surface area contributed by atoms with Crippen LogP contribution in [0.3, 0.4) is 0 Å². The number of carbonyl (C=O) groups excluding carboxylic acids is 1. The predicted molar refractivity (Wildman–Crippen MR) is 114 cm³/mol. The van der Waals surface area contributed by atoms with Gasteiger partial charge in [0.15, 0.2) is 0 Å². The van der Waals surface area contributed by atoms with Gasteiger partial charge in [0.2, 0.25) is 5.91 Å². The Hall–Kier alpha value is -1.17. The molecule has 5 nitrogen and oxygen atoms in total. The number of allylic oxidation sites excluding steroid dienone is 3. The van der Waals surface area contributed by atoms with Gasteiger partial charge in [-0.05, 0) is 63.2 Å².